The topological polar surface area (TPSA) is 88.9 Å². The van der Waals surface area contributed by atoms with E-state index in [1.807, 2.05) is 31.2 Å². The van der Waals surface area contributed by atoms with Crippen LogP contribution in [0.25, 0.3) is 0 Å². The van der Waals surface area contributed by atoms with Gasteiger partial charge in [-0.2, -0.15) is 0 Å². The molecule has 0 unspecified atom stereocenters. The lowest BCUT2D eigenvalue weighted by atomic mass is 10.1. The number of amides is 2. The Morgan fingerprint density at radius 2 is 1.71 bits per heavy atom. The minimum Gasteiger partial charge on any atom is -0.323 e. The van der Waals surface area contributed by atoms with Gasteiger partial charge in [-0.1, -0.05) is 54.1 Å². The zero-order valence-corrected chi connectivity index (χ0v) is 16.3. The molecule has 28 heavy (non-hydrogen) atoms. The van der Waals surface area contributed by atoms with Crippen molar-refractivity contribution < 1.29 is 9.59 Å². The number of para-hydroxylation sites is 2. The van der Waals surface area contributed by atoms with Gasteiger partial charge < -0.3 is 10.6 Å². The summed E-state index contributed by atoms with van der Waals surface area (Å²) in [7, 11) is 0. The number of halogens is 1. The summed E-state index contributed by atoms with van der Waals surface area (Å²) < 4.78 is 1.38. The molecule has 144 valence electrons. The second-order valence-electron chi connectivity index (χ2n) is 6.17. The average molecular weight is 398 g/mol. The maximum atomic E-state index is 12.6. The first-order valence-corrected chi connectivity index (χ1v) is 9.21. The van der Waals surface area contributed by atoms with Crippen LogP contribution in [0.3, 0.4) is 0 Å². The van der Waals surface area contributed by atoms with Crippen LogP contribution >= 0.6 is 11.6 Å². The highest BCUT2D eigenvalue weighted by molar-refractivity contribution is 6.33. The number of hydrogen-bond acceptors (Lipinski definition) is 4. The van der Waals surface area contributed by atoms with Gasteiger partial charge in [-0.25, -0.2) is 4.68 Å². The van der Waals surface area contributed by atoms with E-state index in [-0.39, 0.29) is 24.1 Å². The van der Waals surface area contributed by atoms with Crippen LogP contribution in [0.1, 0.15) is 28.7 Å². The van der Waals surface area contributed by atoms with Gasteiger partial charge >= 0.3 is 0 Å². The van der Waals surface area contributed by atoms with Gasteiger partial charge in [0, 0.05) is 5.69 Å². The van der Waals surface area contributed by atoms with Crippen molar-refractivity contribution in [3.05, 3.63) is 70.5 Å². The van der Waals surface area contributed by atoms with E-state index in [0.29, 0.717) is 16.4 Å². The number of anilines is 2. The number of rotatable bonds is 6. The van der Waals surface area contributed by atoms with Crippen molar-refractivity contribution in [3.8, 4) is 0 Å². The Balaban J connectivity index is 1.70. The van der Waals surface area contributed by atoms with Gasteiger partial charge in [-0.15, -0.1) is 5.10 Å². The van der Waals surface area contributed by atoms with Crippen molar-refractivity contribution in [1.29, 1.82) is 0 Å². The highest BCUT2D eigenvalue weighted by Crippen LogP contribution is 2.20. The van der Waals surface area contributed by atoms with E-state index in [1.54, 1.807) is 31.2 Å². The molecule has 0 bridgehead atoms. The molecule has 2 aromatic carbocycles. The molecule has 1 heterocycles. The molecule has 1 aromatic heterocycles. The van der Waals surface area contributed by atoms with Crippen LogP contribution in [-0.4, -0.2) is 26.8 Å². The van der Waals surface area contributed by atoms with Crippen molar-refractivity contribution in [2.24, 2.45) is 0 Å². The Hall–Kier alpha value is -3.19. The predicted octanol–water partition coefficient (Wildman–Crippen LogP) is 3.69. The molecule has 0 atom stereocenters. The Morgan fingerprint density at radius 3 is 2.43 bits per heavy atom. The third-order valence-electron chi connectivity index (χ3n) is 4.29. The lowest BCUT2D eigenvalue weighted by molar-refractivity contribution is -0.117. The first-order chi connectivity index (χ1) is 13.5. The van der Waals surface area contributed by atoms with E-state index in [2.05, 4.69) is 20.9 Å². The van der Waals surface area contributed by atoms with Crippen LogP contribution in [0.2, 0.25) is 5.02 Å². The number of nitrogens with one attached hydrogen (secondary N) is 2. The summed E-state index contributed by atoms with van der Waals surface area (Å²) in [6.45, 7) is 3.64. The first kappa shape index (κ1) is 19.6. The highest BCUT2D eigenvalue weighted by Gasteiger charge is 2.19. The Morgan fingerprint density at radius 1 is 1.04 bits per heavy atom. The van der Waals surface area contributed by atoms with Crippen LogP contribution in [-0.2, 0) is 17.8 Å². The molecule has 0 radical (unpaired) electrons. The number of aryl methyl sites for hydroxylation is 1. The predicted molar refractivity (Wildman–Crippen MR) is 109 cm³/mol. The molecule has 2 amide bonds. The van der Waals surface area contributed by atoms with E-state index in [0.717, 1.165) is 17.7 Å². The summed E-state index contributed by atoms with van der Waals surface area (Å²) in [6, 6.07) is 14.5. The number of carbonyl (C=O) groups is 2. The summed E-state index contributed by atoms with van der Waals surface area (Å²) in [5, 5.41) is 13.9. The molecule has 3 rings (SSSR count). The largest absolute Gasteiger partial charge is 0.323 e. The quantitative estimate of drug-likeness (QED) is 0.663. The summed E-state index contributed by atoms with van der Waals surface area (Å²) in [5.74, 6) is -0.680. The number of hydrogen-bond donors (Lipinski definition) is 2. The summed E-state index contributed by atoms with van der Waals surface area (Å²) in [6.07, 6.45) is 0.796. The van der Waals surface area contributed by atoms with E-state index in [9.17, 15) is 9.59 Å². The number of benzene rings is 2. The van der Waals surface area contributed by atoms with Crippen molar-refractivity contribution >= 4 is 34.8 Å². The van der Waals surface area contributed by atoms with Gasteiger partial charge in [-0.05, 0) is 37.1 Å². The second-order valence-corrected chi connectivity index (χ2v) is 6.58. The Bertz CT molecular complexity index is 1020. The number of carbonyl (C=O) groups excluding carboxylic acids is 2. The SMILES string of the molecule is CCc1ccccc1NC(=O)c1nnn(CC(=O)Nc2ccccc2Cl)c1C. The molecule has 0 spiro atoms. The first-order valence-electron chi connectivity index (χ1n) is 8.83. The van der Waals surface area contributed by atoms with Crippen LogP contribution in [0.4, 0.5) is 11.4 Å². The zero-order valence-electron chi connectivity index (χ0n) is 15.6. The van der Waals surface area contributed by atoms with Gasteiger partial charge in [0.15, 0.2) is 5.69 Å². The Kier molecular flexibility index (Phi) is 6.06. The fraction of sp³-hybridized carbons (Fsp3) is 0.200. The Labute approximate surface area is 167 Å². The molecule has 7 nitrogen and oxygen atoms in total. The van der Waals surface area contributed by atoms with E-state index in [1.165, 1.54) is 4.68 Å². The van der Waals surface area contributed by atoms with E-state index >= 15 is 0 Å². The second kappa shape index (κ2) is 8.67. The van der Waals surface area contributed by atoms with Gasteiger partial charge in [0.05, 0.1) is 16.4 Å². The zero-order chi connectivity index (χ0) is 20.1. The van der Waals surface area contributed by atoms with Crippen molar-refractivity contribution in [3.63, 3.8) is 0 Å². The molecule has 0 fully saturated rings. The van der Waals surface area contributed by atoms with Gasteiger partial charge in [0.1, 0.15) is 6.54 Å². The van der Waals surface area contributed by atoms with Crippen LogP contribution in [0.5, 0.6) is 0 Å². The molecule has 2 N–H and O–H groups in total. The minimum absolute atomic E-state index is 0.0805. The molecule has 0 saturated carbocycles. The molecule has 0 aliphatic rings. The molecule has 3 aromatic rings. The minimum atomic E-state index is -0.365. The normalized spacial score (nSPS) is 10.5. The summed E-state index contributed by atoms with van der Waals surface area (Å²) in [5.41, 5.74) is 2.96. The van der Waals surface area contributed by atoms with Crippen LogP contribution in [0.15, 0.2) is 48.5 Å². The van der Waals surface area contributed by atoms with Crippen molar-refractivity contribution in [2.75, 3.05) is 10.6 Å². The van der Waals surface area contributed by atoms with Crippen molar-refractivity contribution in [2.45, 2.75) is 26.8 Å². The number of aromatic nitrogens is 3. The molecule has 0 saturated heterocycles. The molecule has 8 heteroatoms. The molecule has 0 aliphatic heterocycles. The van der Waals surface area contributed by atoms with Gasteiger partial charge in [0.2, 0.25) is 5.91 Å². The highest BCUT2D eigenvalue weighted by atomic mass is 35.5. The molecular weight excluding hydrogens is 378 g/mol. The third kappa shape index (κ3) is 4.37. The number of nitrogens with zero attached hydrogens (tertiary/aromatic N) is 3. The van der Waals surface area contributed by atoms with E-state index in [4.69, 9.17) is 11.6 Å². The smallest absolute Gasteiger partial charge is 0.278 e. The van der Waals surface area contributed by atoms with Gasteiger partial charge in [0.25, 0.3) is 5.91 Å². The fourth-order valence-corrected chi connectivity index (χ4v) is 2.92. The van der Waals surface area contributed by atoms with Gasteiger partial charge in [-0.3, -0.25) is 9.59 Å². The summed E-state index contributed by atoms with van der Waals surface area (Å²) >= 11 is 6.05. The lowest BCUT2D eigenvalue weighted by Gasteiger charge is -2.09. The molecular formula is C20H20ClN5O2. The standard InChI is InChI=1S/C20H20ClN5O2/c1-3-14-8-4-6-10-16(14)23-20(28)19-13(2)26(25-24-19)12-18(27)22-17-11-7-5-9-15(17)21/h4-11H,3,12H2,1-2H3,(H,22,27)(H,23,28). The van der Waals surface area contributed by atoms with Crippen LogP contribution < -0.4 is 10.6 Å². The van der Waals surface area contributed by atoms with E-state index < -0.39 is 0 Å². The van der Waals surface area contributed by atoms with Crippen molar-refractivity contribution in [1.82, 2.24) is 15.0 Å². The maximum absolute atomic E-state index is 12.6. The third-order valence-corrected chi connectivity index (χ3v) is 4.62. The average Bonchev–Trinajstić information content (AvgIpc) is 3.04. The monoisotopic (exact) mass is 397 g/mol. The maximum Gasteiger partial charge on any atom is 0.278 e. The van der Waals surface area contributed by atoms with Crippen LogP contribution in [0, 0.1) is 6.92 Å². The molecule has 0 aliphatic carbocycles. The lowest BCUT2D eigenvalue weighted by Crippen LogP contribution is -2.21. The fourth-order valence-electron chi connectivity index (χ4n) is 2.74. The summed E-state index contributed by atoms with van der Waals surface area (Å²) in [4.78, 5) is 24.9.